The number of aromatic nitrogens is 3. The van der Waals surface area contributed by atoms with Crippen molar-refractivity contribution in [2.24, 2.45) is 0 Å². The average Bonchev–Trinajstić information content (AvgIpc) is 3.42. The van der Waals surface area contributed by atoms with Crippen LogP contribution in [-0.2, 0) is 5.41 Å². The van der Waals surface area contributed by atoms with Crippen LogP contribution >= 0.6 is 0 Å². The number of hydrogen-bond acceptors (Lipinski definition) is 3. The highest BCUT2D eigenvalue weighted by atomic mass is 15.0. The third-order valence-electron chi connectivity index (χ3n) is 10.7. The first-order chi connectivity index (χ1) is 25.0. The Morgan fingerprint density at radius 1 is 0.333 bits per heavy atom. The number of nitrogens with zero attached hydrogens (tertiary/aromatic N) is 3. The van der Waals surface area contributed by atoms with Crippen LogP contribution in [0.15, 0.2) is 164 Å². The molecular weight excluding hydrogens is 619 g/mol. The third kappa shape index (κ3) is 4.69. The molecule has 3 heteroatoms. The fourth-order valence-corrected chi connectivity index (χ4v) is 8.11. The molecule has 0 aliphatic heterocycles. The summed E-state index contributed by atoms with van der Waals surface area (Å²) in [5.41, 5.74) is 10.4. The molecule has 0 amide bonds. The van der Waals surface area contributed by atoms with Gasteiger partial charge in [-0.25, -0.2) is 15.0 Å². The summed E-state index contributed by atoms with van der Waals surface area (Å²) in [6.45, 7) is 4.67. The molecule has 10 rings (SSSR count). The minimum atomic E-state index is -0.116. The Bertz CT molecular complexity index is 2740. The molecule has 0 saturated carbocycles. The van der Waals surface area contributed by atoms with Gasteiger partial charge in [-0.05, 0) is 83.9 Å². The molecule has 9 aromatic rings. The van der Waals surface area contributed by atoms with Gasteiger partial charge in [0.25, 0.3) is 0 Å². The van der Waals surface area contributed by atoms with Crippen LogP contribution in [0, 0.1) is 0 Å². The van der Waals surface area contributed by atoms with E-state index in [1.807, 2.05) is 0 Å². The van der Waals surface area contributed by atoms with E-state index in [-0.39, 0.29) is 5.41 Å². The molecule has 51 heavy (non-hydrogen) atoms. The van der Waals surface area contributed by atoms with Gasteiger partial charge in [-0.3, -0.25) is 0 Å². The first-order valence-electron chi connectivity index (χ1n) is 17.5. The van der Waals surface area contributed by atoms with E-state index in [1.54, 1.807) is 0 Å². The predicted molar refractivity (Wildman–Crippen MR) is 212 cm³/mol. The molecule has 1 aliphatic carbocycles. The molecule has 1 aliphatic rings. The van der Waals surface area contributed by atoms with Crippen molar-refractivity contribution in [3.05, 3.63) is 175 Å². The average molecular weight is 652 g/mol. The van der Waals surface area contributed by atoms with Crippen molar-refractivity contribution >= 4 is 32.3 Å². The zero-order chi connectivity index (χ0) is 34.1. The lowest BCUT2D eigenvalue weighted by atomic mass is 9.81. The van der Waals surface area contributed by atoms with Gasteiger partial charge in [-0.2, -0.15) is 0 Å². The molecule has 0 spiro atoms. The van der Waals surface area contributed by atoms with Crippen LogP contribution in [0.3, 0.4) is 0 Å². The van der Waals surface area contributed by atoms with E-state index < -0.39 is 0 Å². The molecule has 1 heterocycles. The lowest BCUT2D eigenvalue weighted by molar-refractivity contribution is 0.660. The fourth-order valence-electron chi connectivity index (χ4n) is 8.11. The monoisotopic (exact) mass is 651 g/mol. The van der Waals surface area contributed by atoms with Gasteiger partial charge >= 0.3 is 0 Å². The van der Waals surface area contributed by atoms with Crippen molar-refractivity contribution in [3.63, 3.8) is 0 Å². The molecule has 0 atom stereocenters. The van der Waals surface area contributed by atoms with E-state index in [4.69, 9.17) is 15.0 Å². The van der Waals surface area contributed by atoms with Crippen molar-refractivity contribution in [2.45, 2.75) is 19.3 Å². The van der Waals surface area contributed by atoms with Crippen LogP contribution in [0.5, 0.6) is 0 Å². The highest BCUT2D eigenvalue weighted by molar-refractivity contribution is 6.00. The van der Waals surface area contributed by atoms with Gasteiger partial charge in [0, 0.05) is 22.1 Å². The molecular formula is C48H33N3. The van der Waals surface area contributed by atoms with Gasteiger partial charge in [0.2, 0.25) is 0 Å². The van der Waals surface area contributed by atoms with Gasteiger partial charge in [0.15, 0.2) is 17.5 Å². The summed E-state index contributed by atoms with van der Waals surface area (Å²) in [7, 11) is 0. The zero-order valence-corrected chi connectivity index (χ0v) is 28.4. The summed E-state index contributed by atoms with van der Waals surface area (Å²) >= 11 is 0. The summed E-state index contributed by atoms with van der Waals surface area (Å²) < 4.78 is 0. The minimum Gasteiger partial charge on any atom is -0.208 e. The first kappa shape index (κ1) is 29.5. The number of benzene rings is 8. The van der Waals surface area contributed by atoms with E-state index in [0.29, 0.717) is 17.5 Å². The van der Waals surface area contributed by atoms with Crippen molar-refractivity contribution in [3.8, 4) is 56.4 Å². The van der Waals surface area contributed by atoms with Gasteiger partial charge in [-0.1, -0.05) is 159 Å². The number of hydrogen-bond donors (Lipinski definition) is 0. The Balaban J connectivity index is 1.26. The normalized spacial score (nSPS) is 13.1. The van der Waals surface area contributed by atoms with Crippen LogP contribution in [0.4, 0.5) is 0 Å². The van der Waals surface area contributed by atoms with E-state index in [2.05, 4.69) is 178 Å². The van der Waals surface area contributed by atoms with Crippen molar-refractivity contribution < 1.29 is 0 Å². The van der Waals surface area contributed by atoms with Gasteiger partial charge in [0.1, 0.15) is 0 Å². The standard InChI is InChI=1S/C48H33N3/c1-48(2)43-24-10-9-21-37(43)38-26-25-34(29-44(38)48)41-27-32-15-3-4-16-33(32)28-42(41)47-50-45(39-22-11-17-30-13-5-7-19-35(30)39)49-46(51-47)40-23-12-18-31-14-6-8-20-36(31)40/h3-29H,1-2H3. The van der Waals surface area contributed by atoms with Gasteiger partial charge in [-0.15, -0.1) is 0 Å². The van der Waals surface area contributed by atoms with Crippen LogP contribution in [-0.4, -0.2) is 15.0 Å². The van der Waals surface area contributed by atoms with Gasteiger partial charge in [0.05, 0.1) is 0 Å². The summed E-state index contributed by atoms with van der Waals surface area (Å²) in [4.78, 5) is 15.9. The summed E-state index contributed by atoms with van der Waals surface area (Å²) in [6.07, 6.45) is 0. The Kier molecular flexibility index (Phi) is 6.53. The molecule has 0 saturated heterocycles. The molecule has 0 fully saturated rings. The van der Waals surface area contributed by atoms with E-state index in [9.17, 15) is 0 Å². The molecule has 0 radical (unpaired) electrons. The fraction of sp³-hybridized carbons (Fsp3) is 0.0625. The van der Waals surface area contributed by atoms with Gasteiger partial charge < -0.3 is 0 Å². The molecule has 0 bridgehead atoms. The number of rotatable bonds is 4. The summed E-state index contributed by atoms with van der Waals surface area (Å²) in [5, 5.41) is 6.84. The molecule has 0 N–H and O–H groups in total. The quantitative estimate of drug-likeness (QED) is 0.190. The van der Waals surface area contributed by atoms with E-state index in [0.717, 1.165) is 54.7 Å². The van der Waals surface area contributed by atoms with E-state index >= 15 is 0 Å². The summed E-state index contributed by atoms with van der Waals surface area (Å²) in [6, 6.07) is 58.5. The maximum atomic E-state index is 5.33. The lowest BCUT2D eigenvalue weighted by Gasteiger charge is -2.22. The lowest BCUT2D eigenvalue weighted by Crippen LogP contribution is -2.14. The second kappa shape index (κ2) is 11.3. The highest BCUT2D eigenvalue weighted by Crippen LogP contribution is 2.50. The third-order valence-corrected chi connectivity index (χ3v) is 10.7. The minimum absolute atomic E-state index is 0.116. The maximum absolute atomic E-state index is 5.33. The Hall–Kier alpha value is -6.45. The number of fused-ring (bicyclic) bond motifs is 6. The Labute approximate surface area is 297 Å². The predicted octanol–water partition coefficient (Wildman–Crippen LogP) is 12.3. The maximum Gasteiger partial charge on any atom is 0.164 e. The Morgan fingerprint density at radius 3 is 1.41 bits per heavy atom. The molecule has 1 aromatic heterocycles. The van der Waals surface area contributed by atoms with Crippen molar-refractivity contribution in [1.82, 2.24) is 15.0 Å². The van der Waals surface area contributed by atoms with Crippen LogP contribution in [0.25, 0.3) is 88.7 Å². The SMILES string of the molecule is CC1(C)c2ccccc2-c2ccc(-c3cc4ccccc4cc3-c3nc(-c4cccc5ccccc45)nc(-c4cccc5ccccc45)n3)cc21. The molecule has 3 nitrogen and oxygen atoms in total. The second-order valence-electron chi connectivity index (χ2n) is 14.0. The largest absolute Gasteiger partial charge is 0.208 e. The highest BCUT2D eigenvalue weighted by Gasteiger charge is 2.35. The van der Waals surface area contributed by atoms with E-state index in [1.165, 1.54) is 27.6 Å². The second-order valence-corrected chi connectivity index (χ2v) is 14.0. The molecule has 0 unspecified atom stereocenters. The summed E-state index contributed by atoms with van der Waals surface area (Å²) in [5.74, 6) is 1.97. The zero-order valence-electron chi connectivity index (χ0n) is 28.4. The van der Waals surface area contributed by atoms with Crippen LogP contribution in [0.1, 0.15) is 25.0 Å². The van der Waals surface area contributed by atoms with Crippen molar-refractivity contribution in [2.75, 3.05) is 0 Å². The molecule has 8 aromatic carbocycles. The molecule has 240 valence electrons. The first-order valence-corrected chi connectivity index (χ1v) is 17.5. The van der Waals surface area contributed by atoms with Crippen LogP contribution in [0.2, 0.25) is 0 Å². The smallest absolute Gasteiger partial charge is 0.164 e. The van der Waals surface area contributed by atoms with Crippen molar-refractivity contribution in [1.29, 1.82) is 0 Å². The Morgan fingerprint density at radius 2 is 0.784 bits per heavy atom. The van der Waals surface area contributed by atoms with Crippen LogP contribution < -0.4 is 0 Å². The topological polar surface area (TPSA) is 38.7 Å².